The van der Waals surface area contributed by atoms with Crippen molar-refractivity contribution in [2.24, 2.45) is 4.99 Å². The van der Waals surface area contributed by atoms with Gasteiger partial charge < -0.3 is 0 Å². The first-order valence-electron chi connectivity index (χ1n) is 3.09. The molecule has 0 aliphatic rings. The highest BCUT2D eigenvalue weighted by Gasteiger charge is 1.95. The minimum Gasteiger partial charge on any atom is -0.211 e. The molecule has 1 aromatic heterocycles. The maximum absolute atomic E-state index is 9.70. The number of aliphatic imine (C=N–C) groups is 1. The average molecular weight is 232 g/mol. The summed E-state index contributed by atoms with van der Waals surface area (Å²) < 4.78 is 1.09. The molecule has 0 N–H and O–H groups in total. The van der Waals surface area contributed by atoms with E-state index in [1.165, 1.54) is 11.0 Å². The van der Waals surface area contributed by atoms with Gasteiger partial charge in [-0.2, -0.15) is 0 Å². The Kier molecular flexibility index (Phi) is 3.49. The normalized spacial score (nSPS) is 9.18. The molecular weight excluding hydrogens is 226 g/mol. The van der Waals surface area contributed by atoms with Crippen molar-refractivity contribution in [3.63, 3.8) is 0 Å². The number of thiophene rings is 1. The third-order valence-corrected chi connectivity index (χ3v) is 2.91. The molecule has 0 amide bonds. The summed E-state index contributed by atoms with van der Waals surface area (Å²) >= 11 is 5.01. The van der Waals surface area contributed by atoms with Gasteiger partial charge in [-0.1, -0.05) is 0 Å². The highest BCUT2D eigenvalue weighted by atomic mass is 79.9. The van der Waals surface area contributed by atoms with Crippen LogP contribution in [0.1, 0.15) is 4.88 Å². The summed E-state index contributed by atoms with van der Waals surface area (Å²) in [5.74, 6) is 0. The van der Waals surface area contributed by atoms with Gasteiger partial charge in [0.2, 0.25) is 6.08 Å². The molecule has 0 radical (unpaired) electrons. The molecule has 2 nitrogen and oxygen atoms in total. The van der Waals surface area contributed by atoms with Gasteiger partial charge in [0, 0.05) is 21.2 Å². The number of hydrogen-bond acceptors (Lipinski definition) is 3. The summed E-state index contributed by atoms with van der Waals surface area (Å²) in [6, 6.07) is 2.03. The fourth-order valence-corrected chi connectivity index (χ4v) is 2.14. The molecule has 0 saturated carbocycles. The molecule has 1 rings (SSSR count). The van der Waals surface area contributed by atoms with Crippen LogP contribution in [0.4, 0.5) is 0 Å². The van der Waals surface area contributed by atoms with E-state index in [4.69, 9.17) is 0 Å². The summed E-state index contributed by atoms with van der Waals surface area (Å²) in [5.41, 5.74) is 0. The summed E-state index contributed by atoms with van der Waals surface area (Å²) in [6.07, 6.45) is 2.34. The van der Waals surface area contributed by atoms with Crippen LogP contribution in [0.3, 0.4) is 0 Å². The van der Waals surface area contributed by atoms with Crippen molar-refractivity contribution in [1.29, 1.82) is 0 Å². The molecule has 0 aromatic carbocycles. The van der Waals surface area contributed by atoms with Gasteiger partial charge in [-0.3, -0.25) is 0 Å². The number of hydrogen-bond donors (Lipinski definition) is 0. The van der Waals surface area contributed by atoms with E-state index in [1.807, 2.05) is 11.4 Å². The van der Waals surface area contributed by atoms with Crippen LogP contribution in [-0.2, 0) is 11.2 Å². The van der Waals surface area contributed by atoms with Gasteiger partial charge in [0.15, 0.2) is 0 Å². The third kappa shape index (κ3) is 2.97. The lowest BCUT2D eigenvalue weighted by atomic mass is 10.3. The predicted molar refractivity (Wildman–Crippen MR) is 48.7 cm³/mol. The highest BCUT2D eigenvalue weighted by molar-refractivity contribution is 9.10. The lowest BCUT2D eigenvalue weighted by Gasteiger charge is -1.86. The van der Waals surface area contributed by atoms with Gasteiger partial charge in [-0.25, -0.2) is 9.79 Å². The van der Waals surface area contributed by atoms with E-state index in [-0.39, 0.29) is 0 Å². The van der Waals surface area contributed by atoms with Crippen molar-refractivity contribution < 1.29 is 4.79 Å². The molecular formula is C7H6BrNOS. The average Bonchev–Trinajstić information content (AvgIpc) is 2.37. The summed E-state index contributed by atoms with van der Waals surface area (Å²) in [5, 5.41) is 2.01. The standard InChI is InChI=1S/C7H6BrNOS/c8-6-3-7(11-4-6)1-2-9-5-10/h3-4H,1-2H2. The van der Waals surface area contributed by atoms with Gasteiger partial charge in [0.05, 0.1) is 6.54 Å². The third-order valence-electron chi connectivity index (χ3n) is 1.16. The molecule has 0 aliphatic carbocycles. The lowest BCUT2D eigenvalue weighted by molar-refractivity contribution is 0.563. The number of isocyanates is 1. The molecule has 11 heavy (non-hydrogen) atoms. The fraction of sp³-hybridized carbons (Fsp3) is 0.286. The Morgan fingerprint density at radius 2 is 2.55 bits per heavy atom. The SMILES string of the molecule is O=C=NCCc1cc(Br)cs1. The number of carbonyl (C=O) groups excluding carboxylic acids is 1. The van der Waals surface area contributed by atoms with Crippen molar-refractivity contribution in [3.05, 3.63) is 20.8 Å². The Labute approximate surface area is 77.1 Å². The van der Waals surface area contributed by atoms with E-state index in [9.17, 15) is 4.79 Å². The van der Waals surface area contributed by atoms with Crippen LogP contribution < -0.4 is 0 Å². The lowest BCUT2D eigenvalue weighted by Crippen LogP contribution is -1.83. The van der Waals surface area contributed by atoms with Gasteiger partial charge in [-0.15, -0.1) is 11.3 Å². The first-order chi connectivity index (χ1) is 5.33. The molecule has 58 valence electrons. The van der Waals surface area contributed by atoms with Crippen LogP contribution >= 0.6 is 27.3 Å². The second kappa shape index (κ2) is 4.44. The molecule has 0 spiro atoms. The molecule has 0 saturated heterocycles. The van der Waals surface area contributed by atoms with Gasteiger partial charge in [0.25, 0.3) is 0 Å². The highest BCUT2D eigenvalue weighted by Crippen LogP contribution is 2.19. The number of rotatable bonds is 3. The second-order valence-electron chi connectivity index (χ2n) is 1.95. The van der Waals surface area contributed by atoms with Crippen molar-refractivity contribution in [3.8, 4) is 0 Å². The van der Waals surface area contributed by atoms with E-state index in [2.05, 4.69) is 20.9 Å². The first kappa shape index (κ1) is 8.65. The van der Waals surface area contributed by atoms with Gasteiger partial charge >= 0.3 is 0 Å². The van der Waals surface area contributed by atoms with Crippen molar-refractivity contribution in [1.82, 2.24) is 0 Å². The van der Waals surface area contributed by atoms with Crippen molar-refractivity contribution in [2.45, 2.75) is 6.42 Å². The van der Waals surface area contributed by atoms with Crippen molar-refractivity contribution >= 4 is 33.3 Å². The quantitative estimate of drug-likeness (QED) is 0.581. The van der Waals surface area contributed by atoms with E-state index in [0.29, 0.717) is 6.54 Å². The van der Waals surface area contributed by atoms with Gasteiger partial charge in [-0.05, 0) is 22.0 Å². The molecule has 1 aromatic rings. The van der Waals surface area contributed by atoms with E-state index in [1.54, 1.807) is 11.3 Å². The molecule has 0 bridgehead atoms. The monoisotopic (exact) mass is 231 g/mol. The Balaban J connectivity index is 2.44. The van der Waals surface area contributed by atoms with Crippen LogP contribution in [0.5, 0.6) is 0 Å². The minimum absolute atomic E-state index is 0.538. The summed E-state index contributed by atoms with van der Waals surface area (Å²) in [7, 11) is 0. The molecule has 0 atom stereocenters. The van der Waals surface area contributed by atoms with E-state index < -0.39 is 0 Å². The fourth-order valence-electron chi connectivity index (χ4n) is 0.697. The molecule has 0 aliphatic heterocycles. The van der Waals surface area contributed by atoms with Crippen LogP contribution in [0.25, 0.3) is 0 Å². The Morgan fingerprint density at radius 3 is 3.09 bits per heavy atom. The zero-order chi connectivity index (χ0) is 8.10. The molecule has 4 heteroatoms. The topological polar surface area (TPSA) is 29.4 Å². The maximum atomic E-state index is 9.70. The smallest absolute Gasteiger partial charge is 0.211 e. The summed E-state index contributed by atoms with van der Waals surface area (Å²) in [6.45, 7) is 0.538. The summed E-state index contributed by atoms with van der Waals surface area (Å²) in [4.78, 5) is 14.4. The van der Waals surface area contributed by atoms with Crippen LogP contribution in [0, 0.1) is 0 Å². The molecule has 0 fully saturated rings. The zero-order valence-electron chi connectivity index (χ0n) is 5.71. The maximum Gasteiger partial charge on any atom is 0.234 e. The second-order valence-corrected chi connectivity index (χ2v) is 3.87. The Morgan fingerprint density at radius 1 is 1.73 bits per heavy atom. The molecule has 1 heterocycles. The number of nitrogens with zero attached hydrogens (tertiary/aromatic N) is 1. The van der Waals surface area contributed by atoms with Crippen LogP contribution in [0.2, 0.25) is 0 Å². The Hall–Kier alpha value is -0.440. The van der Waals surface area contributed by atoms with Crippen LogP contribution in [0.15, 0.2) is 20.9 Å². The van der Waals surface area contributed by atoms with Crippen LogP contribution in [-0.4, -0.2) is 12.6 Å². The largest absolute Gasteiger partial charge is 0.234 e. The zero-order valence-corrected chi connectivity index (χ0v) is 8.11. The predicted octanol–water partition coefficient (Wildman–Crippen LogP) is 2.39. The number of halogens is 1. The van der Waals surface area contributed by atoms with Gasteiger partial charge in [0.1, 0.15) is 0 Å². The van der Waals surface area contributed by atoms with E-state index >= 15 is 0 Å². The minimum atomic E-state index is 0.538. The first-order valence-corrected chi connectivity index (χ1v) is 4.76. The molecule has 0 unspecified atom stereocenters. The van der Waals surface area contributed by atoms with E-state index in [0.717, 1.165) is 10.9 Å². The Bertz CT molecular complexity index is 278. The van der Waals surface area contributed by atoms with Crippen molar-refractivity contribution in [2.75, 3.05) is 6.54 Å².